The number of benzene rings is 2. The van der Waals surface area contributed by atoms with Gasteiger partial charge in [0.1, 0.15) is 5.82 Å². The highest BCUT2D eigenvalue weighted by Gasteiger charge is 2.07. The van der Waals surface area contributed by atoms with Gasteiger partial charge in [0.05, 0.1) is 12.8 Å². The Morgan fingerprint density at radius 3 is 2.25 bits per heavy atom. The summed E-state index contributed by atoms with van der Waals surface area (Å²) in [5.74, 6) is -0.180. The lowest BCUT2D eigenvalue weighted by atomic mass is 10.1. The predicted molar refractivity (Wildman–Crippen MR) is 88.4 cm³/mol. The van der Waals surface area contributed by atoms with E-state index in [4.69, 9.17) is 4.74 Å². The van der Waals surface area contributed by atoms with Gasteiger partial charge in [-0.25, -0.2) is 4.39 Å². The summed E-state index contributed by atoms with van der Waals surface area (Å²) in [5.41, 5.74) is 2.54. The van der Waals surface area contributed by atoms with Gasteiger partial charge in [-0.05, 0) is 42.5 Å². The van der Waals surface area contributed by atoms with Crippen LogP contribution in [0.3, 0.4) is 0 Å². The van der Waals surface area contributed by atoms with Gasteiger partial charge >= 0.3 is 0 Å². The molecule has 0 saturated carbocycles. The van der Waals surface area contributed by atoms with Crippen LogP contribution in [0, 0.1) is 5.82 Å². The monoisotopic (exact) mass is 323 g/mol. The third kappa shape index (κ3) is 3.55. The minimum Gasteiger partial charge on any atom is -0.480 e. The van der Waals surface area contributed by atoms with Crippen molar-refractivity contribution in [2.24, 2.45) is 0 Å². The first-order chi connectivity index (χ1) is 11.7. The number of halogens is 1. The summed E-state index contributed by atoms with van der Waals surface area (Å²) in [6.07, 6.45) is 0. The van der Waals surface area contributed by atoms with Crippen molar-refractivity contribution in [2.45, 2.75) is 0 Å². The van der Waals surface area contributed by atoms with Gasteiger partial charge in [0.15, 0.2) is 0 Å². The van der Waals surface area contributed by atoms with Crippen molar-refractivity contribution in [2.75, 3.05) is 12.4 Å². The largest absolute Gasteiger partial charge is 0.480 e. The molecule has 120 valence electrons. The third-order valence-corrected chi connectivity index (χ3v) is 3.39. The summed E-state index contributed by atoms with van der Waals surface area (Å²) >= 11 is 0. The molecule has 1 amide bonds. The molecule has 24 heavy (non-hydrogen) atoms. The van der Waals surface area contributed by atoms with Crippen LogP contribution in [-0.4, -0.2) is 23.2 Å². The Morgan fingerprint density at radius 1 is 0.958 bits per heavy atom. The number of ether oxygens (including phenoxy) is 1. The van der Waals surface area contributed by atoms with Crippen molar-refractivity contribution in [1.82, 2.24) is 10.2 Å². The van der Waals surface area contributed by atoms with E-state index in [0.29, 0.717) is 22.8 Å². The quantitative estimate of drug-likeness (QED) is 0.797. The van der Waals surface area contributed by atoms with E-state index in [-0.39, 0.29) is 11.7 Å². The first kappa shape index (κ1) is 15.6. The SMILES string of the molecule is COc1ccc(-c2ccc(C(=O)Nc3ccc(F)cc3)cc2)nn1. The number of carbonyl (C=O) groups is 1. The van der Waals surface area contributed by atoms with Crippen LogP contribution in [0.1, 0.15) is 10.4 Å². The summed E-state index contributed by atoms with van der Waals surface area (Å²) in [4.78, 5) is 12.2. The van der Waals surface area contributed by atoms with Gasteiger partial charge in [0.2, 0.25) is 5.88 Å². The highest BCUT2D eigenvalue weighted by Crippen LogP contribution is 2.19. The number of methoxy groups -OCH3 is 1. The van der Waals surface area contributed by atoms with Crippen LogP contribution in [0.4, 0.5) is 10.1 Å². The second-order valence-electron chi connectivity index (χ2n) is 5.00. The molecule has 0 aliphatic heterocycles. The van der Waals surface area contributed by atoms with Crippen LogP contribution in [0.15, 0.2) is 60.7 Å². The molecule has 1 N–H and O–H groups in total. The average Bonchev–Trinajstić information content (AvgIpc) is 2.64. The van der Waals surface area contributed by atoms with E-state index >= 15 is 0 Å². The van der Waals surface area contributed by atoms with Crippen molar-refractivity contribution < 1.29 is 13.9 Å². The first-order valence-electron chi connectivity index (χ1n) is 7.21. The van der Waals surface area contributed by atoms with Crippen LogP contribution in [-0.2, 0) is 0 Å². The Labute approximate surface area is 138 Å². The van der Waals surface area contributed by atoms with Gasteiger partial charge < -0.3 is 10.1 Å². The van der Waals surface area contributed by atoms with Crippen LogP contribution in [0.25, 0.3) is 11.3 Å². The Kier molecular flexibility index (Phi) is 4.47. The Morgan fingerprint density at radius 2 is 1.67 bits per heavy atom. The van der Waals surface area contributed by atoms with Crippen molar-refractivity contribution >= 4 is 11.6 Å². The number of nitrogens with zero attached hydrogens (tertiary/aromatic N) is 2. The number of hydrogen-bond donors (Lipinski definition) is 1. The molecule has 0 saturated heterocycles. The fourth-order valence-electron chi connectivity index (χ4n) is 2.11. The molecule has 1 heterocycles. The van der Waals surface area contributed by atoms with Crippen molar-refractivity contribution in [1.29, 1.82) is 0 Å². The van der Waals surface area contributed by atoms with Crippen LogP contribution in [0.5, 0.6) is 5.88 Å². The normalized spacial score (nSPS) is 10.2. The summed E-state index contributed by atoms with van der Waals surface area (Å²) in [6, 6.07) is 16.1. The molecule has 1 aromatic heterocycles. The molecular weight excluding hydrogens is 309 g/mol. The molecule has 3 aromatic rings. The smallest absolute Gasteiger partial charge is 0.255 e. The Hall–Kier alpha value is -3.28. The fourth-order valence-corrected chi connectivity index (χ4v) is 2.11. The summed E-state index contributed by atoms with van der Waals surface area (Å²) in [5, 5.41) is 10.7. The lowest BCUT2D eigenvalue weighted by Crippen LogP contribution is -2.11. The van der Waals surface area contributed by atoms with E-state index in [0.717, 1.165) is 5.56 Å². The molecule has 0 fully saturated rings. The van der Waals surface area contributed by atoms with E-state index < -0.39 is 0 Å². The molecule has 6 heteroatoms. The zero-order chi connectivity index (χ0) is 16.9. The van der Waals surface area contributed by atoms with Crippen molar-refractivity contribution in [3.8, 4) is 17.1 Å². The Balaban J connectivity index is 1.73. The minimum atomic E-state index is -0.349. The molecule has 0 radical (unpaired) electrons. The maximum Gasteiger partial charge on any atom is 0.255 e. The van der Waals surface area contributed by atoms with Gasteiger partial charge in [-0.15, -0.1) is 10.2 Å². The molecular formula is C18H14FN3O2. The lowest BCUT2D eigenvalue weighted by molar-refractivity contribution is 0.102. The van der Waals surface area contributed by atoms with E-state index in [2.05, 4.69) is 15.5 Å². The molecule has 0 aliphatic carbocycles. The number of aromatic nitrogens is 2. The summed E-state index contributed by atoms with van der Waals surface area (Å²) < 4.78 is 17.8. The van der Waals surface area contributed by atoms with Gasteiger partial charge in [0, 0.05) is 22.9 Å². The molecule has 0 unspecified atom stereocenters. The fraction of sp³-hybridized carbons (Fsp3) is 0.0556. The van der Waals surface area contributed by atoms with Crippen LogP contribution in [0.2, 0.25) is 0 Å². The van der Waals surface area contributed by atoms with Crippen LogP contribution >= 0.6 is 0 Å². The van der Waals surface area contributed by atoms with Crippen LogP contribution < -0.4 is 10.1 Å². The highest BCUT2D eigenvalue weighted by atomic mass is 19.1. The standard InChI is InChI=1S/C18H14FN3O2/c1-24-17-11-10-16(21-22-17)12-2-4-13(5-3-12)18(23)20-15-8-6-14(19)7-9-15/h2-11H,1H3,(H,20,23). The van der Waals surface area contributed by atoms with E-state index in [1.165, 1.54) is 31.4 Å². The summed E-state index contributed by atoms with van der Waals surface area (Å²) in [6.45, 7) is 0. The molecule has 5 nitrogen and oxygen atoms in total. The van der Waals surface area contributed by atoms with E-state index in [1.807, 2.05) is 0 Å². The predicted octanol–water partition coefficient (Wildman–Crippen LogP) is 3.54. The third-order valence-electron chi connectivity index (χ3n) is 3.39. The van der Waals surface area contributed by atoms with Crippen molar-refractivity contribution in [3.63, 3.8) is 0 Å². The maximum absolute atomic E-state index is 12.9. The van der Waals surface area contributed by atoms with Gasteiger partial charge in [-0.3, -0.25) is 4.79 Å². The molecule has 2 aromatic carbocycles. The lowest BCUT2D eigenvalue weighted by Gasteiger charge is -2.06. The zero-order valence-corrected chi connectivity index (χ0v) is 12.9. The summed E-state index contributed by atoms with van der Waals surface area (Å²) in [7, 11) is 1.53. The van der Waals surface area contributed by atoms with Gasteiger partial charge in [0.25, 0.3) is 5.91 Å². The molecule has 3 rings (SSSR count). The Bertz CT molecular complexity index is 832. The number of hydrogen-bond acceptors (Lipinski definition) is 4. The number of carbonyl (C=O) groups excluding carboxylic acids is 1. The topological polar surface area (TPSA) is 64.1 Å². The number of nitrogens with one attached hydrogen (secondary N) is 1. The second-order valence-corrected chi connectivity index (χ2v) is 5.00. The minimum absolute atomic E-state index is 0.269. The molecule has 0 bridgehead atoms. The average molecular weight is 323 g/mol. The van der Waals surface area contributed by atoms with Crippen molar-refractivity contribution in [3.05, 3.63) is 72.0 Å². The van der Waals surface area contributed by atoms with E-state index in [1.54, 1.807) is 36.4 Å². The number of rotatable bonds is 4. The van der Waals surface area contributed by atoms with Gasteiger partial charge in [-0.2, -0.15) is 0 Å². The maximum atomic E-state index is 12.9. The number of amides is 1. The van der Waals surface area contributed by atoms with Gasteiger partial charge in [-0.1, -0.05) is 12.1 Å². The highest BCUT2D eigenvalue weighted by molar-refractivity contribution is 6.04. The number of anilines is 1. The molecule has 0 aliphatic rings. The zero-order valence-electron chi connectivity index (χ0n) is 12.9. The van der Waals surface area contributed by atoms with E-state index in [9.17, 15) is 9.18 Å². The first-order valence-corrected chi connectivity index (χ1v) is 7.21. The molecule has 0 atom stereocenters. The molecule has 0 spiro atoms. The second kappa shape index (κ2) is 6.87.